The lowest BCUT2D eigenvalue weighted by molar-refractivity contribution is -0.116. The molecule has 3 aromatic carbocycles. The Labute approximate surface area is 209 Å². The molecule has 0 unspecified atom stereocenters. The Balaban J connectivity index is 1.68. The lowest BCUT2D eigenvalue weighted by atomic mass is 9.78. The van der Waals surface area contributed by atoms with Crippen LogP contribution in [0.1, 0.15) is 35.9 Å². The molecule has 0 saturated carbocycles. The fourth-order valence-corrected chi connectivity index (χ4v) is 5.39. The predicted molar refractivity (Wildman–Crippen MR) is 138 cm³/mol. The number of carbonyl (C=O) groups excluding carboxylic acids is 1. The van der Waals surface area contributed by atoms with Gasteiger partial charge >= 0.3 is 0 Å². The highest BCUT2D eigenvalue weighted by molar-refractivity contribution is 6.31. The number of fused-ring (bicyclic) bond motifs is 1. The maximum absolute atomic E-state index is 13.8. The normalized spacial score (nSPS) is 19.0. The van der Waals surface area contributed by atoms with Crippen molar-refractivity contribution in [1.82, 2.24) is 0 Å². The Morgan fingerprint density at radius 3 is 2.23 bits per heavy atom. The van der Waals surface area contributed by atoms with Crippen molar-refractivity contribution in [1.29, 1.82) is 0 Å². The molecule has 2 atom stereocenters. The Hall–Kier alpha value is -3.64. The predicted octanol–water partition coefficient (Wildman–Crippen LogP) is 6.35. The van der Waals surface area contributed by atoms with Crippen molar-refractivity contribution in [2.75, 3.05) is 32.0 Å². The molecule has 1 aliphatic carbocycles. The number of benzene rings is 3. The van der Waals surface area contributed by atoms with Crippen molar-refractivity contribution < 1.29 is 19.0 Å². The third-order valence-corrected chi connectivity index (χ3v) is 7.04. The zero-order valence-electron chi connectivity index (χ0n) is 19.9. The van der Waals surface area contributed by atoms with Gasteiger partial charge in [0.1, 0.15) is 0 Å². The number of methoxy groups -OCH3 is 3. The molecule has 2 N–H and O–H groups in total. The second-order valence-corrected chi connectivity index (χ2v) is 9.02. The molecule has 0 saturated heterocycles. The summed E-state index contributed by atoms with van der Waals surface area (Å²) in [5.41, 5.74) is 5.16. The van der Waals surface area contributed by atoms with Crippen LogP contribution >= 0.6 is 11.6 Å². The van der Waals surface area contributed by atoms with Gasteiger partial charge in [-0.25, -0.2) is 0 Å². The van der Waals surface area contributed by atoms with Crippen LogP contribution < -0.4 is 24.8 Å². The molecular formula is C28H27ClN2O4. The number of Topliss-reactive ketones (excluding diaryl/α,β-unsaturated/α-hetero) is 1. The molecule has 5 rings (SSSR count). The number of halogens is 1. The maximum Gasteiger partial charge on any atom is 0.203 e. The van der Waals surface area contributed by atoms with E-state index in [2.05, 4.69) is 10.6 Å². The van der Waals surface area contributed by atoms with E-state index < -0.39 is 6.04 Å². The zero-order valence-corrected chi connectivity index (χ0v) is 20.6. The van der Waals surface area contributed by atoms with Crippen molar-refractivity contribution in [3.05, 3.63) is 88.1 Å². The van der Waals surface area contributed by atoms with Crippen molar-refractivity contribution in [3.63, 3.8) is 0 Å². The first-order valence-corrected chi connectivity index (χ1v) is 11.9. The molecule has 0 spiro atoms. The first-order valence-electron chi connectivity index (χ1n) is 11.5. The number of rotatable bonds is 5. The lowest BCUT2D eigenvalue weighted by Crippen LogP contribution is -2.27. The second kappa shape index (κ2) is 9.55. The van der Waals surface area contributed by atoms with Crippen LogP contribution in [0, 0.1) is 0 Å². The summed E-state index contributed by atoms with van der Waals surface area (Å²) in [6.45, 7) is 0. The summed E-state index contributed by atoms with van der Waals surface area (Å²) in [5.74, 6) is 1.62. The molecule has 0 aromatic heterocycles. The monoisotopic (exact) mass is 490 g/mol. The highest BCUT2D eigenvalue weighted by Gasteiger charge is 2.38. The molecule has 6 nitrogen and oxygen atoms in total. The van der Waals surface area contributed by atoms with Crippen LogP contribution in [0.3, 0.4) is 0 Å². The molecule has 3 aromatic rings. The Morgan fingerprint density at radius 2 is 1.51 bits per heavy atom. The van der Waals surface area contributed by atoms with Gasteiger partial charge in [0.25, 0.3) is 0 Å². The fourth-order valence-electron chi connectivity index (χ4n) is 5.10. The van der Waals surface area contributed by atoms with Crippen molar-refractivity contribution >= 4 is 28.8 Å². The summed E-state index contributed by atoms with van der Waals surface area (Å²) in [4.78, 5) is 13.8. The summed E-state index contributed by atoms with van der Waals surface area (Å²) in [5, 5.41) is 7.83. The summed E-state index contributed by atoms with van der Waals surface area (Å²) >= 11 is 6.52. The van der Waals surface area contributed by atoms with E-state index in [4.69, 9.17) is 25.8 Å². The first kappa shape index (κ1) is 23.1. The number of allylic oxidation sites excluding steroid dienone is 1. The van der Waals surface area contributed by atoms with Crippen LogP contribution in [0.5, 0.6) is 17.2 Å². The van der Waals surface area contributed by atoms with Gasteiger partial charge in [0.15, 0.2) is 17.3 Å². The van der Waals surface area contributed by atoms with Gasteiger partial charge in [0.05, 0.1) is 38.7 Å². The summed E-state index contributed by atoms with van der Waals surface area (Å²) in [6, 6.07) is 19.0. The molecule has 2 aliphatic rings. The lowest BCUT2D eigenvalue weighted by Gasteiger charge is -2.31. The van der Waals surface area contributed by atoms with Crippen molar-refractivity contribution in [2.24, 2.45) is 0 Å². The van der Waals surface area contributed by atoms with E-state index in [1.807, 2.05) is 60.7 Å². The Bertz CT molecular complexity index is 1320. The first-order chi connectivity index (χ1) is 17.0. The smallest absolute Gasteiger partial charge is 0.203 e. The summed E-state index contributed by atoms with van der Waals surface area (Å²) < 4.78 is 16.9. The molecule has 1 heterocycles. The number of hydrogen-bond acceptors (Lipinski definition) is 6. The molecule has 0 bridgehead atoms. The number of anilines is 2. The molecule has 7 heteroatoms. The van der Waals surface area contributed by atoms with Crippen molar-refractivity contribution in [3.8, 4) is 17.2 Å². The van der Waals surface area contributed by atoms with Crippen LogP contribution in [0.4, 0.5) is 11.4 Å². The number of hydrogen-bond donors (Lipinski definition) is 2. The van der Waals surface area contributed by atoms with Gasteiger partial charge in [0, 0.05) is 28.3 Å². The van der Waals surface area contributed by atoms with E-state index in [1.54, 1.807) is 21.3 Å². The minimum absolute atomic E-state index is 0.0133. The molecular weight excluding hydrogens is 464 g/mol. The van der Waals surface area contributed by atoms with E-state index in [0.29, 0.717) is 40.7 Å². The van der Waals surface area contributed by atoms with Crippen LogP contribution in [0.25, 0.3) is 0 Å². The standard InChI is InChI=1S/C28H27ClN2O4/c1-33-24-13-12-18(27(34-2)28(24)35-3)26-25-22(30-20-10-6-7-11-21(20)31-26)14-16(15-23(25)32)17-8-4-5-9-19(17)29/h4-13,16,26,30-31H,14-15H2,1-3H3/t16-,26-/m0/s1. The van der Waals surface area contributed by atoms with Crippen LogP contribution in [0.15, 0.2) is 71.9 Å². The van der Waals surface area contributed by atoms with Crippen LogP contribution in [0.2, 0.25) is 5.02 Å². The number of ether oxygens (including phenoxy) is 3. The summed E-state index contributed by atoms with van der Waals surface area (Å²) in [6.07, 6.45) is 1.03. The Morgan fingerprint density at radius 1 is 0.800 bits per heavy atom. The molecule has 180 valence electrons. The topological polar surface area (TPSA) is 68.8 Å². The highest BCUT2D eigenvalue weighted by atomic mass is 35.5. The number of carbonyl (C=O) groups is 1. The van der Waals surface area contributed by atoms with Gasteiger partial charge in [0.2, 0.25) is 5.75 Å². The van der Waals surface area contributed by atoms with Gasteiger partial charge in [-0.05, 0) is 48.2 Å². The molecule has 35 heavy (non-hydrogen) atoms. The summed E-state index contributed by atoms with van der Waals surface area (Å²) in [7, 11) is 4.75. The number of nitrogens with one attached hydrogen (secondary N) is 2. The van der Waals surface area contributed by atoms with Gasteiger partial charge in [-0.1, -0.05) is 41.9 Å². The maximum atomic E-state index is 13.8. The number of para-hydroxylation sites is 2. The third kappa shape index (κ3) is 4.08. The molecule has 0 amide bonds. The van der Waals surface area contributed by atoms with Gasteiger partial charge < -0.3 is 24.8 Å². The fraction of sp³-hybridized carbons (Fsp3) is 0.250. The average molecular weight is 491 g/mol. The number of ketones is 1. The van der Waals surface area contributed by atoms with E-state index >= 15 is 0 Å². The second-order valence-electron chi connectivity index (χ2n) is 8.61. The van der Waals surface area contributed by atoms with E-state index in [1.165, 1.54) is 0 Å². The van der Waals surface area contributed by atoms with E-state index in [-0.39, 0.29) is 11.7 Å². The zero-order chi connectivity index (χ0) is 24.5. The Kier molecular flexibility index (Phi) is 6.31. The minimum atomic E-state index is -0.449. The third-order valence-electron chi connectivity index (χ3n) is 6.70. The van der Waals surface area contributed by atoms with E-state index in [9.17, 15) is 4.79 Å². The molecule has 0 radical (unpaired) electrons. The molecule has 1 aliphatic heterocycles. The van der Waals surface area contributed by atoms with Crippen LogP contribution in [-0.2, 0) is 4.79 Å². The van der Waals surface area contributed by atoms with Gasteiger partial charge in [-0.3, -0.25) is 4.79 Å². The SMILES string of the molecule is COc1ccc([C@@H]2Nc3ccccc3NC3=C2C(=O)C[C@@H](c2ccccc2Cl)C3)c(OC)c1OC. The molecule has 0 fully saturated rings. The highest BCUT2D eigenvalue weighted by Crippen LogP contribution is 2.49. The van der Waals surface area contributed by atoms with Crippen molar-refractivity contribution in [2.45, 2.75) is 24.8 Å². The van der Waals surface area contributed by atoms with E-state index in [0.717, 1.165) is 28.2 Å². The average Bonchev–Trinajstić information content (AvgIpc) is 3.04. The van der Waals surface area contributed by atoms with Gasteiger partial charge in [-0.15, -0.1) is 0 Å². The van der Waals surface area contributed by atoms with Crippen LogP contribution in [-0.4, -0.2) is 27.1 Å². The minimum Gasteiger partial charge on any atom is -0.493 e. The largest absolute Gasteiger partial charge is 0.493 e. The quantitative estimate of drug-likeness (QED) is 0.434. The van der Waals surface area contributed by atoms with Gasteiger partial charge in [-0.2, -0.15) is 0 Å².